The third-order valence-corrected chi connectivity index (χ3v) is 2.70. The van der Waals surface area contributed by atoms with Crippen LogP contribution < -0.4 is 11.1 Å². The molecule has 1 fully saturated rings. The standard InChI is InChI=1S/C10H16N4/c1-10(11,8-3-4-8)7-14-9-12-5-2-6-13-9/h2,5-6,8H,3-4,7,11H2,1H3,(H,12,13,14). The number of hydrogen-bond acceptors (Lipinski definition) is 4. The first-order valence-electron chi connectivity index (χ1n) is 4.98. The van der Waals surface area contributed by atoms with Crippen molar-refractivity contribution in [2.24, 2.45) is 11.7 Å². The Hall–Kier alpha value is -1.16. The van der Waals surface area contributed by atoms with Crippen LogP contribution in [0, 0.1) is 5.92 Å². The van der Waals surface area contributed by atoms with Gasteiger partial charge in [0.25, 0.3) is 0 Å². The number of hydrogen-bond donors (Lipinski definition) is 2. The fraction of sp³-hybridized carbons (Fsp3) is 0.600. The molecular weight excluding hydrogens is 176 g/mol. The topological polar surface area (TPSA) is 63.8 Å². The summed E-state index contributed by atoms with van der Waals surface area (Å²) in [6.45, 7) is 2.82. The van der Waals surface area contributed by atoms with E-state index in [1.165, 1.54) is 12.8 Å². The minimum atomic E-state index is -0.126. The molecule has 1 unspecified atom stereocenters. The van der Waals surface area contributed by atoms with Crippen LogP contribution in [0.5, 0.6) is 0 Å². The summed E-state index contributed by atoms with van der Waals surface area (Å²) in [5.74, 6) is 1.32. The van der Waals surface area contributed by atoms with Gasteiger partial charge in [0.05, 0.1) is 0 Å². The molecule has 1 aliphatic carbocycles. The van der Waals surface area contributed by atoms with Crippen molar-refractivity contribution in [1.29, 1.82) is 0 Å². The molecule has 3 N–H and O–H groups in total. The Kier molecular flexibility index (Phi) is 2.37. The number of nitrogens with one attached hydrogen (secondary N) is 1. The molecule has 4 nitrogen and oxygen atoms in total. The molecule has 0 amide bonds. The lowest BCUT2D eigenvalue weighted by Gasteiger charge is -2.24. The van der Waals surface area contributed by atoms with Gasteiger partial charge < -0.3 is 11.1 Å². The highest BCUT2D eigenvalue weighted by atomic mass is 15.1. The van der Waals surface area contributed by atoms with Crippen molar-refractivity contribution in [2.75, 3.05) is 11.9 Å². The largest absolute Gasteiger partial charge is 0.352 e. The van der Waals surface area contributed by atoms with E-state index < -0.39 is 0 Å². The maximum absolute atomic E-state index is 6.15. The van der Waals surface area contributed by atoms with Crippen LogP contribution in [-0.2, 0) is 0 Å². The van der Waals surface area contributed by atoms with Gasteiger partial charge in [-0.25, -0.2) is 9.97 Å². The second-order valence-corrected chi connectivity index (χ2v) is 4.21. The van der Waals surface area contributed by atoms with Gasteiger partial charge in [0.15, 0.2) is 0 Å². The summed E-state index contributed by atoms with van der Waals surface area (Å²) in [6.07, 6.45) is 5.95. The van der Waals surface area contributed by atoms with Crippen LogP contribution in [0.15, 0.2) is 18.5 Å². The average Bonchev–Trinajstić information content (AvgIpc) is 3.00. The third-order valence-electron chi connectivity index (χ3n) is 2.70. The van der Waals surface area contributed by atoms with Crippen molar-refractivity contribution >= 4 is 5.95 Å². The second kappa shape index (κ2) is 3.53. The van der Waals surface area contributed by atoms with Gasteiger partial charge in [-0.3, -0.25) is 0 Å². The predicted octanol–water partition coefficient (Wildman–Crippen LogP) is 1.02. The van der Waals surface area contributed by atoms with Crippen LogP contribution in [0.4, 0.5) is 5.95 Å². The molecular formula is C10H16N4. The molecule has 1 aromatic rings. The maximum atomic E-state index is 6.15. The van der Waals surface area contributed by atoms with E-state index in [0.29, 0.717) is 11.9 Å². The summed E-state index contributed by atoms with van der Waals surface area (Å²) in [5.41, 5.74) is 6.03. The fourth-order valence-electron chi connectivity index (χ4n) is 1.55. The Bertz CT molecular complexity index is 292. The van der Waals surface area contributed by atoms with E-state index in [9.17, 15) is 0 Å². The second-order valence-electron chi connectivity index (χ2n) is 4.21. The molecule has 14 heavy (non-hydrogen) atoms. The van der Waals surface area contributed by atoms with E-state index in [1.54, 1.807) is 18.5 Å². The highest BCUT2D eigenvalue weighted by molar-refractivity contribution is 5.23. The minimum absolute atomic E-state index is 0.126. The molecule has 0 spiro atoms. The zero-order valence-electron chi connectivity index (χ0n) is 8.40. The molecule has 0 radical (unpaired) electrons. The number of rotatable bonds is 4. The lowest BCUT2D eigenvalue weighted by Crippen LogP contribution is -2.45. The van der Waals surface area contributed by atoms with Crippen molar-refractivity contribution in [1.82, 2.24) is 9.97 Å². The average molecular weight is 192 g/mol. The van der Waals surface area contributed by atoms with Crippen molar-refractivity contribution in [2.45, 2.75) is 25.3 Å². The number of aromatic nitrogens is 2. The lowest BCUT2D eigenvalue weighted by atomic mass is 9.98. The van der Waals surface area contributed by atoms with Crippen molar-refractivity contribution in [3.05, 3.63) is 18.5 Å². The van der Waals surface area contributed by atoms with Crippen LogP contribution in [0.1, 0.15) is 19.8 Å². The molecule has 1 saturated carbocycles. The Morgan fingerprint density at radius 3 is 2.71 bits per heavy atom. The van der Waals surface area contributed by atoms with Crippen LogP contribution in [-0.4, -0.2) is 22.1 Å². The Labute approximate surface area is 83.9 Å². The van der Waals surface area contributed by atoms with Crippen molar-refractivity contribution < 1.29 is 0 Å². The molecule has 0 aromatic carbocycles. The van der Waals surface area contributed by atoms with Crippen LogP contribution >= 0.6 is 0 Å². The molecule has 76 valence electrons. The summed E-state index contributed by atoms with van der Waals surface area (Å²) < 4.78 is 0. The van der Waals surface area contributed by atoms with Gasteiger partial charge in [0.1, 0.15) is 0 Å². The monoisotopic (exact) mass is 192 g/mol. The van der Waals surface area contributed by atoms with E-state index in [1.807, 2.05) is 0 Å². The zero-order valence-corrected chi connectivity index (χ0v) is 8.40. The third kappa shape index (κ3) is 2.20. The van der Waals surface area contributed by atoms with E-state index in [4.69, 9.17) is 5.73 Å². The normalized spacial score (nSPS) is 20.1. The van der Waals surface area contributed by atoms with Gasteiger partial charge in [0.2, 0.25) is 5.95 Å². The Morgan fingerprint density at radius 2 is 2.14 bits per heavy atom. The maximum Gasteiger partial charge on any atom is 0.222 e. The van der Waals surface area contributed by atoms with Gasteiger partial charge in [-0.05, 0) is 31.7 Å². The highest BCUT2D eigenvalue weighted by Gasteiger charge is 2.38. The van der Waals surface area contributed by atoms with Gasteiger partial charge in [-0.15, -0.1) is 0 Å². The minimum Gasteiger partial charge on any atom is -0.352 e. The first-order valence-corrected chi connectivity index (χ1v) is 4.98. The smallest absolute Gasteiger partial charge is 0.222 e. The lowest BCUT2D eigenvalue weighted by molar-refractivity contribution is 0.431. The first-order chi connectivity index (χ1) is 6.68. The predicted molar refractivity (Wildman–Crippen MR) is 55.8 cm³/mol. The molecule has 1 aromatic heterocycles. The summed E-state index contributed by atoms with van der Waals surface area (Å²) >= 11 is 0. The van der Waals surface area contributed by atoms with E-state index in [2.05, 4.69) is 22.2 Å². The number of nitrogens with two attached hydrogens (primary N) is 1. The van der Waals surface area contributed by atoms with E-state index in [-0.39, 0.29) is 5.54 Å². The zero-order chi connectivity index (χ0) is 10.0. The fourth-order valence-corrected chi connectivity index (χ4v) is 1.55. The van der Waals surface area contributed by atoms with Crippen LogP contribution in [0.3, 0.4) is 0 Å². The number of nitrogens with zero attached hydrogens (tertiary/aromatic N) is 2. The summed E-state index contributed by atoms with van der Waals surface area (Å²) in [7, 11) is 0. The molecule has 0 bridgehead atoms. The van der Waals surface area contributed by atoms with Crippen LogP contribution in [0.2, 0.25) is 0 Å². The highest BCUT2D eigenvalue weighted by Crippen LogP contribution is 2.37. The molecule has 0 aliphatic heterocycles. The molecule has 1 atom stereocenters. The van der Waals surface area contributed by atoms with E-state index in [0.717, 1.165) is 6.54 Å². The molecule has 2 rings (SSSR count). The molecule has 1 heterocycles. The van der Waals surface area contributed by atoms with Gasteiger partial charge in [-0.2, -0.15) is 0 Å². The van der Waals surface area contributed by atoms with Gasteiger partial charge in [0, 0.05) is 24.5 Å². The van der Waals surface area contributed by atoms with Gasteiger partial charge in [-0.1, -0.05) is 0 Å². The van der Waals surface area contributed by atoms with E-state index >= 15 is 0 Å². The SMILES string of the molecule is CC(N)(CNc1ncccn1)C1CC1. The molecule has 1 aliphatic rings. The summed E-state index contributed by atoms with van der Waals surface area (Å²) in [4.78, 5) is 8.17. The van der Waals surface area contributed by atoms with Crippen molar-refractivity contribution in [3.8, 4) is 0 Å². The quantitative estimate of drug-likeness (QED) is 0.747. The van der Waals surface area contributed by atoms with Gasteiger partial charge >= 0.3 is 0 Å². The van der Waals surface area contributed by atoms with Crippen molar-refractivity contribution in [3.63, 3.8) is 0 Å². The van der Waals surface area contributed by atoms with Crippen LogP contribution in [0.25, 0.3) is 0 Å². The molecule has 4 heteroatoms. The summed E-state index contributed by atoms with van der Waals surface area (Å²) in [6, 6.07) is 1.80. The Balaban J connectivity index is 1.87. The number of anilines is 1. The first kappa shape index (κ1) is 9.40. The summed E-state index contributed by atoms with van der Waals surface area (Å²) in [5, 5.41) is 3.16. The molecule has 0 saturated heterocycles. The Morgan fingerprint density at radius 1 is 1.50 bits per heavy atom.